The molecule has 1 atom stereocenters. The fourth-order valence-corrected chi connectivity index (χ4v) is 1.29. The average molecular weight is 158 g/mol. The number of hydrogen-bond donors (Lipinski definition) is 0. The van der Waals surface area contributed by atoms with Crippen LogP contribution in [-0.4, -0.2) is 19.0 Å². The minimum absolute atomic E-state index is 0.254. The van der Waals surface area contributed by atoms with Crippen LogP contribution in [0.25, 0.3) is 0 Å². The van der Waals surface area contributed by atoms with Gasteiger partial charge in [0.05, 0.1) is 5.60 Å². The summed E-state index contributed by atoms with van der Waals surface area (Å²) >= 11 is 0. The third-order valence-electron chi connectivity index (χ3n) is 1.85. The predicted molar refractivity (Wildman–Crippen MR) is 45.6 cm³/mol. The van der Waals surface area contributed by atoms with Crippen LogP contribution in [0.15, 0.2) is 0 Å². The van der Waals surface area contributed by atoms with E-state index in [9.17, 15) is 4.79 Å². The Kier molecular flexibility index (Phi) is 4.34. The SMILES string of the molecule is COC(C)(CC=O)CC(C)C. The van der Waals surface area contributed by atoms with Crippen molar-refractivity contribution in [2.75, 3.05) is 7.11 Å². The van der Waals surface area contributed by atoms with Crippen LogP contribution in [0, 0.1) is 5.92 Å². The maximum absolute atomic E-state index is 10.3. The highest BCUT2D eigenvalue weighted by molar-refractivity contribution is 5.51. The second-order valence-electron chi connectivity index (χ2n) is 3.62. The molecule has 0 aliphatic heterocycles. The van der Waals surface area contributed by atoms with Gasteiger partial charge in [0.25, 0.3) is 0 Å². The molecule has 11 heavy (non-hydrogen) atoms. The van der Waals surface area contributed by atoms with Crippen LogP contribution in [0.4, 0.5) is 0 Å². The number of carbonyl (C=O) groups is 1. The smallest absolute Gasteiger partial charge is 0.122 e. The van der Waals surface area contributed by atoms with E-state index in [1.165, 1.54) is 0 Å². The van der Waals surface area contributed by atoms with E-state index < -0.39 is 0 Å². The van der Waals surface area contributed by atoms with Crippen LogP contribution in [0.1, 0.15) is 33.6 Å². The Morgan fingerprint density at radius 3 is 2.36 bits per heavy atom. The van der Waals surface area contributed by atoms with Gasteiger partial charge >= 0.3 is 0 Å². The zero-order chi connectivity index (χ0) is 8.91. The van der Waals surface area contributed by atoms with Gasteiger partial charge in [0, 0.05) is 13.5 Å². The number of rotatable bonds is 5. The van der Waals surface area contributed by atoms with E-state index in [-0.39, 0.29) is 5.60 Å². The lowest BCUT2D eigenvalue weighted by molar-refractivity contribution is -0.113. The summed E-state index contributed by atoms with van der Waals surface area (Å²) in [5.74, 6) is 0.569. The summed E-state index contributed by atoms with van der Waals surface area (Å²) in [7, 11) is 1.66. The van der Waals surface area contributed by atoms with E-state index in [1.54, 1.807) is 7.11 Å². The molecule has 0 aromatic carbocycles. The van der Waals surface area contributed by atoms with Crippen molar-refractivity contribution in [3.8, 4) is 0 Å². The monoisotopic (exact) mass is 158 g/mol. The minimum atomic E-state index is -0.254. The maximum Gasteiger partial charge on any atom is 0.122 e. The molecular formula is C9H18O2. The number of methoxy groups -OCH3 is 1. The van der Waals surface area contributed by atoms with Crippen molar-refractivity contribution >= 4 is 6.29 Å². The Labute approximate surface area is 68.9 Å². The lowest BCUT2D eigenvalue weighted by atomic mass is 9.91. The third-order valence-corrected chi connectivity index (χ3v) is 1.85. The Hall–Kier alpha value is -0.370. The molecule has 0 N–H and O–H groups in total. The zero-order valence-electron chi connectivity index (χ0n) is 7.89. The lowest BCUT2D eigenvalue weighted by Gasteiger charge is -2.27. The molecule has 0 rings (SSSR count). The molecule has 0 heterocycles. The van der Waals surface area contributed by atoms with Crippen molar-refractivity contribution in [3.63, 3.8) is 0 Å². The van der Waals surface area contributed by atoms with Gasteiger partial charge in [-0.1, -0.05) is 13.8 Å². The topological polar surface area (TPSA) is 26.3 Å². The highest BCUT2D eigenvalue weighted by atomic mass is 16.5. The quantitative estimate of drug-likeness (QED) is 0.572. The number of aldehydes is 1. The Morgan fingerprint density at radius 1 is 1.55 bits per heavy atom. The summed E-state index contributed by atoms with van der Waals surface area (Å²) in [5, 5.41) is 0. The fourth-order valence-electron chi connectivity index (χ4n) is 1.29. The lowest BCUT2D eigenvalue weighted by Crippen LogP contribution is -2.29. The van der Waals surface area contributed by atoms with E-state index in [1.807, 2.05) is 6.92 Å². The molecule has 0 spiro atoms. The molecule has 0 aromatic rings. The molecule has 2 nitrogen and oxygen atoms in total. The molecule has 0 aromatic heterocycles. The Bertz CT molecular complexity index is 121. The summed E-state index contributed by atoms with van der Waals surface area (Å²) < 4.78 is 5.26. The second-order valence-corrected chi connectivity index (χ2v) is 3.62. The second kappa shape index (κ2) is 4.50. The van der Waals surface area contributed by atoms with Crippen LogP contribution in [0.5, 0.6) is 0 Å². The first-order chi connectivity index (χ1) is 5.04. The molecule has 2 heteroatoms. The van der Waals surface area contributed by atoms with Gasteiger partial charge in [-0.3, -0.25) is 0 Å². The first-order valence-electron chi connectivity index (χ1n) is 4.03. The molecule has 0 fully saturated rings. The summed E-state index contributed by atoms with van der Waals surface area (Å²) in [4.78, 5) is 10.3. The molecule has 66 valence electrons. The molecule has 0 bridgehead atoms. The minimum Gasteiger partial charge on any atom is -0.378 e. The van der Waals surface area contributed by atoms with E-state index in [2.05, 4.69) is 13.8 Å². The first kappa shape index (κ1) is 10.6. The Balaban J connectivity index is 3.97. The third kappa shape index (κ3) is 4.14. The van der Waals surface area contributed by atoms with Crippen LogP contribution < -0.4 is 0 Å². The largest absolute Gasteiger partial charge is 0.378 e. The van der Waals surface area contributed by atoms with Crippen LogP contribution >= 0.6 is 0 Å². The summed E-state index contributed by atoms with van der Waals surface area (Å²) in [6.07, 6.45) is 2.34. The van der Waals surface area contributed by atoms with Gasteiger partial charge in [-0.15, -0.1) is 0 Å². The van der Waals surface area contributed by atoms with Crippen molar-refractivity contribution in [3.05, 3.63) is 0 Å². The summed E-state index contributed by atoms with van der Waals surface area (Å²) in [5.41, 5.74) is -0.254. The number of ether oxygens (including phenoxy) is 1. The Morgan fingerprint density at radius 2 is 2.09 bits per heavy atom. The molecule has 0 radical (unpaired) electrons. The van der Waals surface area contributed by atoms with Gasteiger partial charge in [0.1, 0.15) is 6.29 Å². The van der Waals surface area contributed by atoms with Gasteiger partial charge in [-0.25, -0.2) is 0 Å². The van der Waals surface area contributed by atoms with E-state index >= 15 is 0 Å². The average Bonchev–Trinajstić information content (AvgIpc) is 1.87. The first-order valence-corrected chi connectivity index (χ1v) is 4.03. The van der Waals surface area contributed by atoms with Gasteiger partial charge in [-0.05, 0) is 19.3 Å². The number of hydrogen-bond acceptors (Lipinski definition) is 2. The van der Waals surface area contributed by atoms with Gasteiger partial charge in [0.2, 0.25) is 0 Å². The van der Waals surface area contributed by atoms with E-state index in [0.717, 1.165) is 12.7 Å². The van der Waals surface area contributed by atoms with Gasteiger partial charge in [0.15, 0.2) is 0 Å². The van der Waals surface area contributed by atoms with Gasteiger partial charge < -0.3 is 9.53 Å². The standard InChI is InChI=1S/C9H18O2/c1-8(2)7-9(3,11-4)5-6-10/h6,8H,5,7H2,1-4H3. The van der Waals surface area contributed by atoms with Crippen molar-refractivity contribution in [2.45, 2.75) is 39.2 Å². The molecule has 0 saturated carbocycles. The van der Waals surface area contributed by atoms with Crippen molar-refractivity contribution < 1.29 is 9.53 Å². The van der Waals surface area contributed by atoms with E-state index in [4.69, 9.17) is 4.74 Å². The van der Waals surface area contributed by atoms with Crippen molar-refractivity contribution in [1.29, 1.82) is 0 Å². The molecule has 1 unspecified atom stereocenters. The molecular weight excluding hydrogens is 140 g/mol. The van der Waals surface area contributed by atoms with Crippen LogP contribution in [0.2, 0.25) is 0 Å². The molecule has 0 aliphatic rings. The number of carbonyl (C=O) groups excluding carboxylic acids is 1. The normalized spacial score (nSPS) is 16.5. The zero-order valence-corrected chi connectivity index (χ0v) is 7.89. The molecule has 0 amide bonds. The molecule has 0 aliphatic carbocycles. The van der Waals surface area contributed by atoms with Crippen molar-refractivity contribution in [2.24, 2.45) is 5.92 Å². The maximum atomic E-state index is 10.3. The summed E-state index contributed by atoms with van der Waals surface area (Å²) in [6.45, 7) is 6.23. The van der Waals surface area contributed by atoms with E-state index in [0.29, 0.717) is 12.3 Å². The van der Waals surface area contributed by atoms with Gasteiger partial charge in [-0.2, -0.15) is 0 Å². The predicted octanol–water partition coefficient (Wildman–Crippen LogP) is 2.03. The molecule has 0 saturated heterocycles. The van der Waals surface area contributed by atoms with Crippen LogP contribution in [0.3, 0.4) is 0 Å². The van der Waals surface area contributed by atoms with Crippen LogP contribution in [-0.2, 0) is 9.53 Å². The van der Waals surface area contributed by atoms with Crippen molar-refractivity contribution in [1.82, 2.24) is 0 Å². The summed E-state index contributed by atoms with van der Waals surface area (Å²) in [6, 6.07) is 0. The highest BCUT2D eigenvalue weighted by Crippen LogP contribution is 2.22. The highest BCUT2D eigenvalue weighted by Gasteiger charge is 2.23. The fraction of sp³-hybridized carbons (Fsp3) is 0.889.